The molecule has 1 aliphatic rings. The van der Waals surface area contributed by atoms with Gasteiger partial charge in [-0.05, 0) is 34.1 Å². The fraction of sp³-hybridized carbons (Fsp3) is 0.444. The highest BCUT2D eigenvalue weighted by molar-refractivity contribution is 5.84. The van der Waals surface area contributed by atoms with Crippen molar-refractivity contribution in [2.45, 2.75) is 58.5 Å². The minimum Gasteiger partial charge on any atom is -0.480 e. The third-order valence-corrected chi connectivity index (χ3v) is 6.65. The monoisotopic (exact) mass is 466 g/mol. The van der Waals surface area contributed by atoms with Gasteiger partial charge in [0.25, 0.3) is 0 Å². The van der Waals surface area contributed by atoms with Crippen LogP contribution >= 0.6 is 0 Å². The van der Waals surface area contributed by atoms with Gasteiger partial charge in [0, 0.05) is 18.4 Å². The molecule has 3 atom stereocenters. The van der Waals surface area contributed by atoms with E-state index in [0.717, 1.165) is 22.3 Å². The minimum atomic E-state index is -1.06. The third kappa shape index (κ3) is 5.76. The van der Waals surface area contributed by atoms with Crippen LogP contribution in [0.3, 0.4) is 0 Å². The molecule has 0 radical (unpaired) electrons. The highest BCUT2D eigenvalue weighted by Crippen LogP contribution is 2.44. The Morgan fingerprint density at radius 3 is 2.00 bits per heavy atom. The average molecular weight is 467 g/mol. The number of carbonyl (C=O) groups excluding carboxylic acids is 2. The van der Waals surface area contributed by atoms with Crippen LogP contribution in [0, 0.1) is 11.8 Å². The molecule has 1 aliphatic carbocycles. The van der Waals surface area contributed by atoms with Crippen LogP contribution in [0.25, 0.3) is 11.1 Å². The Bertz CT molecular complexity index is 990. The molecule has 3 N–H and O–H groups in total. The average Bonchev–Trinajstić information content (AvgIpc) is 3.13. The van der Waals surface area contributed by atoms with Gasteiger partial charge in [-0.15, -0.1) is 0 Å². The lowest BCUT2D eigenvalue weighted by atomic mass is 9.97. The first-order valence-corrected chi connectivity index (χ1v) is 11.9. The SMILES string of the molecule is CC[C@H](C)[C@H](NC(=O)C[C@H](NC(=O)OCC1c2ccccc2-c2ccccc21)C(C)C)C(=O)O. The Hall–Kier alpha value is -3.35. The number of carboxylic acids is 1. The number of nitrogens with one attached hydrogen (secondary N) is 2. The molecular weight excluding hydrogens is 432 g/mol. The fourth-order valence-electron chi connectivity index (χ4n) is 4.36. The summed E-state index contributed by atoms with van der Waals surface area (Å²) in [6.45, 7) is 7.64. The molecule has 0 aliphatic heterocycles. The Balaban J connectivity index is 1.60. The number of alkyl carbamates (subject to hydrolysis) is 1. The Kier molecular flexibility index (Phi) is 8.31. The second-order valence-electron chi connectivity index (χ2n) is 9.29. The predicted molar refractivity (Wildman–Crippen MR) is 130 cm³/mol. The standard InChI is InChI=1S/C27H34N2O5/c1-5-17(4)25(26(31)32)29-24(30)14-23(16(2)3)28-27(33)34-15-22-20-12-8-6-10-18(20)19-11-7-9-13-21(19)22/h6-13,16-17,22-23,25H,5,14-15H2,1-4H3,(H,28,33)(H,29,30)(H,31,32)/t17-,23-,25-/m0/s1. The highest BCUT2D eigenvalue weighted by Gasteiger charge is 2.30. The second-order valence-corrected chi connectivity index (χ2v) is 9.29. The van der Waals surface area contributed by atoms with Gasteiger partial charge in [-0.3, -0.25) is 4.79 Å². The Morgan fingerprint density at radius 2 is 1.50 bits per heavy atom. The van der Waals surface area contributed by atoms with Gasteiger partial charge < -0.3 is 20.5 Å². The van der Waals surface area contributed by atoms with E-state index in [1.165, 1.54) is 0 Å². The normalized spacial score (nSPS) is 15.1. The number of ether oxygens (including phenoxy) is 1. The molecule has 0 heterocycles. The molecule has 7 heteroatoms. The van der Waals surface area contributed by atoms with Gasteiger partial charge in [-0.25, -0.2) is 9.59 Å². The van der Waals surface area contributed by atoms with Crippen molar-refractivity contribution < 1.29 is 24.2 Å². The van der Waals surface area contributed by atoms with Gasteiger partial charge >= 0.3 is 12.1 Å². The van der Waals surface area contributed by atoms with Crippen molar-refractivity contribution in [2.75, 3.05) is 6.61 Å². The Labute approximate surface area is 200 Å². The number of hydrogen-bond acceptors (Lipinski definition) is 4. The topological polar surface area (TPSA) is 105 Å². The van der Waals surface area contributed by atoms with Gasteiger partial charge in [0.05, 0.1) is 0 Å². The quantitative estimate of drug-likeness (QED) is 0.476. The summed E-state index contributed by atoms with van der Waals surface area (Å²) >= 11 is 0. The fourth-order valence-corrected chi connectivity index (χ4v) is 4.36. The van der Waals surface area contributed by atoms with Gasteiger partial charge in [0.2, 0.25) is 5.91 Å². The van der Waals surface area contributed by atoms with Gasteiger partial charge in [-0.1, -0.05) is 82.6 Å². The van der Waals surface area contributed by atoms with E-state index in [9.17, 15) is 19.5 Å². The van der Waals surface area contributed by atoms with Crippen LogP contribution in [0.2, 0.25) is 0 Å². The summed E-state index contributed by atoms with van der Waals surface area (Å²) in [5, 5.41) is 14.8. The lowest BCUT2D eigenvalue weighted by Crippen LogP contribution is -2.48. The van der Waals surface area contributed by atoms with Gasteiger partial charge in [0.15, 0.2) is 0 Å². The first-order chi connectivity index (χ1) is 16.2. The molecule has 0 bridgehead atoms. The lowest BCUT2D eigenvalue weighted by molar-refractivity contribution is -0.143. The predicted octanol–water partition coefficient (Wildman–Crippen LogP) is 4.56. The maximum atomic E-state index is 12.6. The van der Waals surface area contributed by atoms with Crippen LogP contribution in [0.15, 0.2) is 48.5 Å². The van der Waals surface area contributed by atoms with Crippen LogP contribution in [0.4, 0.5) is 4.79 Å². The maximum absolute atomic E-state index is 12.6. The van der Waals surface area contributed by atoms with E-state index >= 15 is 0 Å². The van der Waals surface area contributed by atoms with E-state index in [-0.39, 0.29) is 30.8 Å². The number of carbonyl (C=O) groups is 3. The summed E-state index contributed by atoms with van der Waals surface area (Å²) in [7, 11) is 0. The van der Waals surface area contributed by atoms with Gasteiger partial charge in [-0.2, -0.15) is 0 Å². The molecule has 3 rings (SSSR count). The summed E-state index contributed by atoms with van der Waals surface area (Å²) in [5.41, 5.74) is 4.55. The molecule has 0 unspecified atom stereocenters. The van der Waals surface area contributed by atoms with Crippen molar-refractivity contribution in [3.8, 4) is 11.1 Å². The van der Waals surface area contributed by atoms with Crippen LogP contribution < -0.4 is 10.6 Å². The zero-order chi connectivity index (χ0) is 24.8. The summed E-state index contributed by atoms with van der Waals surface area (Å²) in [5.74, 6) is -1.77. The van der Waals surface area contributed by atoms with Gasteiger partial charge in [0.1, 0.15) is 12.6 Å². The summed E-state index contributed by atoms with van der Waals surface area (Å²) in [4.78, 5) is 36.7. The molecule has 2 aromatic rings. The molecule has 34 heavy (non-hydrogen) atoms. The van der Waals surface area contributed by atoms with Crippen LogP contribution in [0.5, 0.6) is 0 Å². The largest absolute Gasteiger partial charge is 0.480 e. The summed E-state index contributed by atoms with van der Waals surface area (Å²) in [6.07, 6.45) is 0.00959. The first-order valence-electron chi connectivity index (χ1n) is 11.9. The van der Waals surface area contributed by atoms with Crippen molar-refractivity contribution in [1.29, 1.82) is 0 Å². The zero-order valence-electron chi connectivity index (χ0n) is 20.2. The summed E-state index contributed by atoms with van der Waals surface area (Å²) in [6, 6.07) is 14.8. The number of amides is 2. The molecule has 0 spiro atoms. The molecule has 0 saturated heterocycles. The van der Waals surface area contributed by atoms with Crippen LogP contribution in [0.1, 0.15) is 57.6 Å². The molecule has 7 nitrogen and oxygen atoms in total. The maximum Gasteiger partial charge on any atom is 0.407 e. The molecule has 0 aromatic heterocycles. The number of carboxylic acid groups (broad SMARTS) is 1. The highest BCUT2D eigenvalue weighted by atomic mass is 16.5. The first kappa shape index (κ1) is 25.3. The Morgan fingerprint density at radius 1 is 0.941 bits per heavy atom. The van der Waals surface area contributed by atoms with Crippen molar-refractivity contribution in [3.63, 3.8) is 0 Å². The van der Waals surface area contributed by atoms with E-state index in [0.29, 0.717) is 6.42 Å². The number of benzene rings is 2. The molecule has 2 amide bonds. The van der Waals surface area contributed by atoms with E-state index in [1.54, 1.807) is 6.92 Å². The molecule has 2 aromatic carbocycles. The number of rotatable bonds is 10. The zero-order valence-corrected chi connectivity index (χ0v) is 20.2. The molecule has 0 fully saturated rings. The van der Waals surface area contributed by atoms with Crippen LogP contribution in [-0.2, 0) is 14.3 Å². The smallest absolute Gasteiger partial charge is 0.407 e. The lowest BCUT2D eigenvalue weighted by Gasteiger charge is -2.25. The van der Waals surface area contributed by atoms with Crippen molar-refractivity contribution >= 4 is 18.0 Å². The summed E-state index contributed by atoms with van der Waals surface area (Å²) < 4.78 is 5.60. The number of hydrogen-bond donors (Lipinski definition) is 3. The number of aliphatic carboxylic acids is 1. The van der Waals surface area contributed by atoms with Crippen molar-refractivity contribution in [1.82, 2.24) is 10.6 Å². The second kappa shape index (κ2) is 11.2. The van der Waals surface area contributed by atoms with E-state index in [4.69, 9.17) is 4.74 Å². The van der Waals surface area contributed by atoms with Crippen molar-refractivity contribution in [2.24, 2.45) is 11.8 Å². The van der Waals surface area contributed by atoms with Crippen LogP contribution in [-0.4, -0.2) is 41.8 Å². The molecule has 182 valence electrons. The van der Waals surface area contributed by atoms with E-state index in [2.05, 4.69) is 34.9 Å². The van der Waals surface area contributed by atoms with Crippen molar-refractivity contribution in [3.05, 3.63) is 59.7 Å². The molecule has 0 saturated carbocycles. The minimum absolute atomic E-state index is 0.0257. The molecular formula is C27H34N2O5. The van der Waals surface area contributed by atoms with E-state index < -0.39 is 30.1 Å². The third-order valence-electron chi connectivity index (χ3n) is 6.65. The van der Waals surface area contributed by atoms with E-state index in [1.807, 2.05) is 45.0 Å². The number of fused-ring (bicyclic) bond motifs is 3.